The van der Waals surface area contributed by atoms with E-state index in [9.17, 15) is 9.59 Å². The summed E-state index contributed by atoms with van der Waals surface area (Å²) < 4.78 is 0. The monoisotopic (exact) mass is 188 g/mol. The predicted octanol–water partition coefficient (Wildman–Crippen LogP) is -0.425. The summed E-state index contributed by atoms with van der Waals surface area (Å²) in [4.78, 5) is 21.5. The maximum atomic E-state index is 11.3. The Hall–Kier alpha value is -1.10. The second-order valence-electron chi connectivity index (χ2n) is 3.23. The molecule has 0 aliphatic carbocycles. The van der Waals surface area contributed by atoms with Gasteiger partial charge in [-0.05, 0) is 20.4 Å². The van der Waals surface area contributed by atoms with Crippen molar-refractivity contribution in [2.24, 2.45) is 0 Å². The molecule has 0 radical (unpaired) electrons. The van der Waals surface area contributed by atoms with E-state index in [2.05, 4.69) is 10.6 Å². The molecule has 0 aromatic rings. The molecule has 0 saturated heterocycles. The van der Waals surface area contributed by atoms with Crippen LogP contribution in [0.3, 0.4) is 0 Å². The number of carbonyl (C=O) groups is 2. The van der Waals surface area contributed by atoms with Gasteiger partial charge >= 0.3 is 5.97 Å². The first kappa shape index (κ1) is 11.9. The minimum Gasteiger partial charge on any atom is -0.480 e. The number of carboxylic acids is 1. The molecule has 0 atom stereocenters. The molecule has 5 heteroatoms. The molecule has 3 N–H and O–H groups in total. The highest BCUT2D eigenvalue weighted by molar-refractivity contribution is 5.88. The summed E-state index contributed by atoms with van der Waals surface area (Å²) in [5, 5.41) is 13.6. The van der Waals surface area contributed by atoms with E-state index in [1.807, 2.05) is 6.92 Å². The van der Waals surface area contributed by atoms with Crippen LogP contribution in [0.25, 0.3) is 0 Å². The first-order valence-electron chi connectivity index (χ1n) is 4.15. The van der Waals surface area contributed by atoms with Gasteiger partial charge in [0.2, 0.25) is 5.91 Å². The van der Waals surface area contributed by atoms with Crippen molar-refractivity contribution in [3.05, 3.63) is 0 Å². The summed E-state index contributed by atoms with van der Waals surface area (Å²) in [6, 6.07) is 0. The molecular formula is C8H16N2O3. The van der Waals surface area contributed by atoms with Crippen LogP contribution < -0.4 is 10.6 Å². The van der Waals surface area contributed by atoms with Crippen molar-refractivity contribution in [1.82, 2.24) is 10.6 Å². The molecule has 1 amide bonds. The summed E-state index contributed by atoms with van der Waals surface area (Å²) in [5.41, 5.74) is -0.718. The Bertz CT molecular complexity index is 202. The van der Waals surface area contributed by atoms with Gasteiger partial charge in [0.15, 0.2) is 0 Å². The van der Waals surface area contributed by atoms with Gasteiger partial charge in [-0.25, -0.2) is 0 Å². The molecule has 76 valence electrons. The number of amides is 1. The lowest BCUT2D eigenvalue weighted by atomic mass is 10.0. The van der Waals surface area contributed by atoms with Crippen LogP contribution >= 0.6 is 0 Å². The largest absolute Gasteiger partial charge is 0.480 e. The molecule has 0 fully saturated rings. The van der Waals surface area contributed by atoms with Crippen LogP contribution in [-0.4, -0.2) is 35.6 Å². The van der Waals surface area contributed by atoms with Crippen molar-refractivity contribution in [3.63, 3.8) is 0 Å². The quantitative estimate of drug-likeness (QED) is 0.547. The smallest absolute Gasteiger partial charge is 0.322 e. The van der Waals surface area contributed by atoms with Crippen molar-refractivity contribution < 1.29 is 14.7 Å². The van der Waals surface area contributed by atoms with E-state index in [0.29, 0.717) is 6.54 Å². The molecule has 0 aromatic heterocycles. The standard InChI is InChI=1S/C8H16N2O3/c1-4-10-8(2,3)7(13)9-5-6(11)12/h10H,4-5H2,1-3H3,(H,9,13)(H,11,12). The predicted molar refractivity (Wildman–Crippen MR) is 48.4 cm³/mol. The summed E-state index contributed by atoms with van der Waals surface area (Å²) in [6.45, 7) is 5.61. The fraction of sp³-hybridized carbons (Fsp3) is 0.750. The Morgan fingerprint density at radius 3 is 2.31 bits per heavy atom. The highest BCUT2D eigenvalue weighted by Crippen LogP contribution is 2.00. The van der Waals surface area contributed by atoms with E-state index in [0.717, 1.165) is 0 Å². The molecule has 5 nitrogen and oxygen atoms in total. The SMILES string of the molecule is CCNC(C)(C)C(=O)NCC(=O)O. The maximum absolute atomic E-state index is 11.3. The lowest BCUT2D eigenvalue weighted by Crippen LogP contribution is -2.53. The zero-order chi connectivity index (χ0) is 10.5. The van der Waals surface area contributed by atoms with Crippen LogP contribution in [0.2, 0.25) is 0 Å². The van der Waals surface area contributed by atoms with E-state index in [-0.39, 0.29) is 12.5 Å². The number of carboxylic acid groups (broad SMARTS) is 1. The number of carbonyl (C=O) groups excluding carboxylic acids is 1. The number of likely N-dealkylation sites (N-methyl/N-ethyl adjacent to an activating group) is 1. The Morgan fingerprint density at radius 2 is 1.92 bits per heavy atom. The lowest BCUT2D eigenvalue weighted by Gasteiger charge is -2.23. The van der Waals surface area contributed by atoms with Crippen LogP contribution in [0.15, 0.2) is 0 Å². The molecule has 13 heavy (non-hydrogen) atoms. The van der Waals surface area contributed by atoms with Gasteiger partial charge in [0.25, 0.3) is 0 Å². The highest BCUT2D eigenvalue weighted by Gasteiger charge is 2.25. The van der Waals surface area contributed by atoms with Gasteiger partial charge in [0.05, 0.1) is 5.54 Å². The zero-order valence-corrected chi connectivity index (χ0v) is 8.18. The van der Waals surface area contributed by atoms with Crippen LogP contribution in [0.4, 0.5) is 0 Å². The van der Waals surface area contributed by atoms with Crippen LogP contribution in [0.5, 0.6) is 0 Å². The minimum atomic E-state index is -1.04. The molecule has 0 unspecified atom stereocenters. The Balaban J connectivity index is 4.01. The van der Waals surface area contributed by atoms with Gasteiger partial charge in [-0.15, -0.1) is 0 Å². The van der Waals surface area contributed by atoms with Gasteiger partial charge in [0.1, 0.15) is 6.54 Å². The van der Waals surface area contributed by atoms with E-state index >= 15 is 0 Å². The fourth-order valence-corrected chi connectivity index (χ4v) is 0.899. The number of hydrogen-bond donors (Lipinski definition) is 3. The van der Waals surface area contributed by atoms with E-state index < -0.39 is 11.5 Å². The molecule has 0 aliphatic heterocycles. The molecule has 0 aliphatic rings. The molecule has 0 spiro atoms. The fourth-order valence-electron chi connectivity index (χ4n) is 0.899. The van der Waals surface area contributed by atoms with Crippen LogP contribution in [0.1, 0.15) is 20.8 Å². The van der Waals surface area contributed by atoms with Gasteiger partial charge in [-0.1, -0.05) is 6.92 Å². The normalized spacial score (nSPS) is 11.0. The molecule has 0 rings (SSSR count). The van der Waals surface area contributed by atoms with E-state index in [1.54, 1.807) is 13.8 Å². The molecule has 0 bridgehead atoms. The third-order valence-electron chi connectivity index (χ3n) is 1.59. The maximum Gasteiger partial charge on any atom is 0.322 e. The van der Waals surface area contributed by atoms with Crippen LogP contribution in [0, 0.1) is 0 Å². The number of aliphatic carboxylic acids is 1. The Labute approximate surface area is 77.5 Å². The zero-order valence-electron chi connectivity index (χ0n) is 8.18. The minimum absolute atomic E-state index is 0.309. The second-order valence-corrected chi connectivity index (χ2v) is 3.23. The number of nitrogens with one attached hydrogen (secondary N) is 2. The summed E-state index contributed by atoms with van der Waals surface area (Å²) in [7, 11) is 0. The average molecular weight is 188 g/mol. The second kappa shape index (κ2) is 4.81. The topological polar surface area (TPSA) is 78.4 Å². The van der Waals surface area contributed by atoms with Crippen molar-refractivity contribution in [2.45, 2.75) is 26.3 Å². The first-order valence-corrected chi connectivity index (χ1v) is 4.15. The van der Waals surface area contributed by atoms with Crippen LogP contribution in [-0.2, 0) is 9.59 Å². The molecule has 0 aromatic carbocycles. The molecule has 0 heterocycles. The summed E-state index contributed by atoms with van der Waals surface area (Å²) in [5.74, 6) is -1.35. The highest BCUT2D eigenvalue weighted by atomic mass is 16.4. The third-order valence-corrected chi connectivity index (χ3v) is 1.59. The van der Waals surface area contributed by atoms with Crippen molar-refractivity contribution in [3.8, 4) is 0 Å². The Morgan fingerprint density at radius 1 is 1.38 bits per heavy atom. The first-order chi connectivity index (χ1) is 5.90. The average Bonchev–Trinajstić information content (AvgIpc) is 1.99. The van der Waals surface area contributed by atoms with Crippen molar-refractivity contribution >= 4 is 11.9 Å². The number of rotatable bonds is 5. The molecular weight excluding hydrogens is 172 g/mol. The van der Waals surface area contributed by atoms with Gasteiger partial charge in [-0.2, -0.15) is 0 Å². The van der Waals surface area contributed by atoms with Crippen molar-refractivity contribution in [2.75, 3.05) is 13.1 Å². The summed E-state index contributed by atoms with van der Waals surface area (Å²) >= 11 is 0. The third kappa shape index (κ3) is 4.47. The summed E-state index contributed by atoms with van der Waals surface area (Å²) in [6.07, 6.45) is 0. The number of hydrogen-bond acceptors (Lipinski definition) is 3. The Kier molecular flexibility index (Phi) is 4.40. The lowest BCUT2D eigenvalue weighted by molar-refractivity contribution is -0.138. The van der Waals surface area contributed by atoms with E-state index in [1.165, 1.54) is 0 Å². The van der Waals surface area contributed by atoms with Gasteiger partial charge < -0.3 is 15.7 Å². The molecule has 0 saturated carbocycles. The van der Waals surface area contributed by atoms with E-state index in [4.69, 9.17) is 5.11 Å². The van der Waals surface area contributed by atoms with Gasteiger partial charge in [0, 0.05) is 0 Å². The van der Waals surface area contributed by atoms with Crippen molar-refractivity contribution in [1.29, 1.82) is 0 Å². The van der Waals surface area contributed by atoms with Gasteiger partial charge in [-0.3, -0.25) is 9.59 Å².